The van der Waals surface area contributed by atoms with Crippen molar-refractivity contribution in [2.45, 2.75) is 0 Å². The van der Waals surface area contributed by atoms with Crippen LogP contribution in [0.15, 0.2) is 47.5 Å². The lowest BCUT2D eigenvalue weighted by Gasteiger charge is -2.05. The van der Waals surface area contributed by atoms with Crippen LogP contribution in [0.2, 0.25) is 0 Å². The second-order valence-electron chi connectivity index (χ2n) is 4.04. The number of aromatic nitrogens is 3. The number of fused-ring (bicyclic) bond motifs is 1. The fraction of sp³-hybridized carbons (Fsp3) is 0.0714. The molecular formula is C14H11N3O2. The van der Waals surface area contributed by atoms with Gasteiger partial charge in [-0.1, -0.05) is 12.1 Å². The number of ether oxygens (including phenoxy) is 1. The average molecular weight is 253 g/mol. The van der Waals surface area contributed by atoms with Crippen LogP contribution >= 0.6 is 0 Å². The van der Waals surface area contributed by atoms with Crippen molar-refractivity contribution in [3.05, 3.63) is 53.1 Å². The summed E-state index contributed by atoms with van der Waals surface area (Å²) >= 11 is 0. The maximum absolute atomic E-state index is 12.0. The highest BCUT2D eigenvalue weighted by molar-refractivity contribution is 5.78. The van der Waals surface area contributed by atoms with Crippen molar-refractivity contribution in [2.75, 3.05) is 7.11 Å². The Morgan fingerprint density at radius 1 is 1.26 bits per heavy atom. The van der Waals surface area contributed by atoms with Gasteiger partial charge in [0.15, 0.2) is 0 Å². The molecule has 0 bridgehead atoms. The highest BCUT2D eigenvalue weighted by Crippen LogP contribution is 2.20. The van der Waals surface area contributed by atoms with Crippen LogP contribution in [0.25, 0.3) is 22.3 Å². The van der Waals surface area contributed by atoms with Crippen molar-refractivity contribution in [2.24, 2.45) is 0 Å². The number of benzene rings is 1. The molecule has 1 aromatic carbocycles. The third kappa shape index (κ3) is 2.06. The summed E-state index contributed by atoms with van der Waals surface area (Å²) in [5.41, 5.74) is 1.22. The van der Waals surface area contributed by atoms with Gasteiger partial charge in [0.1, 0.15) is 11.6 Å². The topological polar surface area (TPSA) is 67.9 Å². The lowest BCUT2D eigenvalue weighted by molar-refractivity contribution is 0.415. The van der Waals surface area contributed by atoms with Crippen LogP contribution in [0.5, 0.6) is 5.75 Å². The first-order valence-corrected chi connectivity index (χ1v) is 5.76. The van der Waals surface area contributed by atoms with Crippen molar-refractivity contribution in [1.82, 2.24) is 15.0 Å². The summed E-state index contributed by atoms with van der Waals surface area (Å²) in [5.74, 6) is 1.23. The molecule has 0 saturated heterocycles. The van der Waals surface area contributed by atoms with Crippen LogP contribution in [-0.2, 0) is 0 Å². The van der Waals surface area contributed by atoms with Gasteiger partial charge in [-0.15, -0.1) is 0 Å². The van der Waals surface area contributed by atoms with Crippen LogP contribution < -0.4 is 10.3 Å². The van der Waals surface area contributed by atoms with Crippen LogP contribution in [0, 0.1) is 0 Å². The molecule has 2 heterocycles. The monoisotopic (exact) mass is 253 g/mol. The molecule has 0 radical (unpaired) electrons. The largest absolute Gasteiger partial charge is 0.497 e. The summed E-state index contributed by atoms with van der Waals surface area (Å²) in [4.78, 5) is 23.1. The molecule has 5 nitrogen and oxygen atoms in total. The van der Waals surface area contributed by atoms with Gasteiger partial charge in [0.25, 0.3) is 5.56 Å². The van der Waals surface area contributed by atoms with Gasteiger partial charge in [-0.3, -0.25) is 9.78 Å². The SMILES string of the molecule is COc1cccc(-c2nc3ccncc3c(=O)[nH]2)c1. The third-order valence-corrected chi connectivity index (χ3v) is 2.85. The Bertz CT molecular complexity index is 796. The van der Waals surface area contributed by atoms with Gasteiger partial charge in [0, 0.05) is 18.0 Å². The van der Waals surface area contributed by atoms with Crippen LogP contribution in [-0.4, -0.2) is 22.1 Å². The number of nitrogens with one attached hydrogen (secondary N) is 1. The lowest BCUT2D eigenvalue weighted by atomic mass is 10.2. The Kier molecular flexibility index (Phi) is 2.72. The molecule has 0 aliphatic heterocycles. The number of rotatable bonds is 2. The summed E-state index contributed by atoms with van der Waals surface area (Å²) < 4.78 is 5.16. The van der Waals surface area contributed by atoms with Crippen molar-refractivity contribution < 1.29 is 4.74 Å². The Morgan fingerprint density at radius 3 is 3.00 bits per heavy atom. The fourth-order valence-electron chi connectivity index (χ4n) is 1.89. The van der Waals surface area contributed by atoms with Gasteiger partial charge in [-0.2, -0.15) is 0 Å². The van der Waals surface area contributed by atoms with Crippen LogP contribution in [0.3, 0.4) is 0 Å². The van der Waals surface area contributed by atoms with E-state index < -0.39 is 0 Å². The first-order valence-electron chi connectivity index (χ1n) is 5.76. The van der Waals surface area contributed by atoms with Gasteiger partial charge < -0.3 is 9.72 Å². The van der Waals surface area contributed by atoms with Gasteiger partial charge in [0.2, 0.25) is 0 Å². The van der Waals surface area contributed by atoms with E-state index in [1.54, 1.807) is 19.4 Å². The number of pyridine rings is 1. The van der Waals surface area contributed by atoms with Crippen molar-refractivity contribution in [3.8, 4) is 17.1 Å². The molecule has 0 aliphatic rings. The fourth-order valence-corrected chi connectivity index (χ4v) is 1.89. The summed E-state index contributed by atoms with van der Waals surface area (Å²) in [6, 6.07) is 9.10. The summed E-state index contributed by atoms with van der Waals surface area (Å²) in [7, 11) is 1.60. The molecule has 0 atom stereocenters. The molecule has 94 valence electrons. The number of hydrogen-bond donors (Lipinski definition) is 1. The number of aromatic amines is 1. The minimum atomic E-state index is -0.198. The van der Waals surface area contributed by atoms with E-state index in [0.717, 1.165) is 11.3 Å². The van der Waals surface area contributed by atoms with E-state index in [2.05, 4.69) is 15.0 Å². The molecule has 0 spiro atoms. The van der Waals surface area contributed by atoms with E-state index >= 15 is 0 Å². The Morgan fingerprint density at radius 2 is 2.16 bits per heavy atom. The summed E-state index contributed by atoms with van der Waals surface area (Å²) in [5, 5.41) is 0.481. The van der Waals surface area contributed by atoms with Crippen LogP contribution in [0.4, 0.5) is 0 Å². The van der Waals surface area contributed by atoms with Gasteiger partial charge in [-0.25, -0.2) is 4.98 Å². The van der Waals surface area contributed by atoms with Crippen molar-refractivity contribution >= 4 is 10.9 Å². The molecule has 5 heteroatoms. The maximum Gasteiger partial charge on any atom is 0.260 e. The zero-order valence-electron chi connectivity index (χ0n) is 10.3. The zero-order chi connectivity index (χ0) is 13.2. The lowest BCUT2D eigenvalue weighted by Crippen LogP contribution is -2.09. The predicted molar refractivity (Wildman–Crippen MR) is 72.1 cm³/mol. The standard InChI is InChI=1S/C14H11N3O2/c1-19-10-4-2-3-9(7-10)13-16-12-5-6-15-8-11(12)14(18)17-13/h2-8H,1H3,(H,16,17,18). The maximum atomic E-state index is 12.0. The molecule has 0 fully saturated rings. The molecule has 0 unspecified atom stereocenters. The van der Waals surface area contributed by atoms with Gasteiger partial charge in [-0.05, 0) is 18.2 Å². The Balaban J connectivity index is 2.22. The molecule has 19 heavy (non-hydrogen) atoms. The normalized spacial score (nSPS) is 10.6. The highest BCUT2D eigenvalue weighted by Gasteiger charge is 2.06. The number of nitrogens with zero attached hydrogens (tertiary/aromatic N) is 2. The second kappa shape index (κ2) is 4.53. The Hall–Kier alpha value is -2.69. The molecular weight excluding hydrogens is 242 g/mol. The molecule has 3 aromatic rings. The summed E-state index contributed by atoms with van der Waals surface area (Å²) in [6.07, 6.45) is 3.13. The summed E-state index contributed by atoms with van der Waals surface area (Å²) in [6.45, 7) is 0. The number of hydrogen-bond acceptors (Lipinski definition) is 4. The molecule has 2 aromatic heterocycles. The van der Waals surface area contributed by atoms with Crippen molar-refractivity contribution in [3.63, 3.8) is 0 Å². The predicted octanol–water partition coefficient (Wildman–Crippen LogP) is 1.99. The smallest absolute Gasteiger partial charge is 0.260 e. The van der Waals surface area contributed by atoms with E-state index in [0.29, 0.717) is 16.7 Å². The van der Waals surface area contributed by atoms with E-state index in [1.165, 1.54) is 6.20 Å². The minimum Gasteiger partial charge on any atom is -0.497 e. The van der Waals surface area contributed by atoms with E-state index in [-0.39, 0.29) is 5.56 Å². The first-order chi connectivity index (χ1) is 9.28. The zero-order valence-corrected chi connectivity index (χ0v) is 10.3. The average Bonchev–Trinajstić information content (AvgIpc) is 2.47. The van der Waals surface area contributed by atoms with E-state index in [9.17, 15) is 4.79 Å². The number of methoxy groups -OCH3 is 1. The molecule has 1 N–H and O–H groups in total. The van der Waals surface area contributed by atoms with Gasteiger partial charge >= 0.3 is 0 Å². The van der Waals surface area contributed by atoms with E-state index in [4.69, 9.17) is 4.74 Å². The van der Waals surface area contributed by atoms with Crippen LogP contribution in [0.1, 0.15) is 0 Å². The quantitative estimate of drug-likeness (QED) is 0.758. The Labute approximate surface area is 108 Å². The molecule has 0 saturated carbocycles. The van der Waals surface area contributed by atoms with Gasteiger partial charge in [0.05, 0.1) is 18.0 Å². The highest BCUT2D eigenvalue weighted by atomic mass is 16.5. The minimum absolute atomic E-state index is 0.198. The third-order valence-electron chi connectivity index (χ3n) is 2.85. The van der Waals surface area contributed by atoms with E-state index in [1.807, 2.05) is 24.3 Å². The number of H-pyrrole nitrogens is 1. The first kappa shape index (κ1) is 11.4. The second-order valence-corrected chi connectivity index (χ2v) is 4.04. The van der Waals surface area contributed by atoms with Crippen molar-refractivity contribution in [1.29, 1.82) is 0 Å². The molecule has 3 rings (SSSR count). The molecule has 0 aliphatic carbocycles. The molecule has 0 amide bonds.